The highest BCUT2D eigenvalue weighted by Gasteiger charge is 2.39. The van der Waals surface area contributed by atoms with Gasteiger partial charge in [-0.15, -0.1) is 5.92 Å². The molecule has 0 saturated heterocycles. The van der Waals surface area contributed by atoms with E-state index in [-0.39, 0.29) is 55.1 Å². The van der Waals surface area contributed by atoms with Crippen molar-refractivity contribution in [2.45, 2.75) is 71.2 Å². The number of aliphatic hydroxyl groups excluding tert-OH is 2. The van der Waals surface area contributed by atoms with Gasteiger partial charge in [0.15, 0.2) is 29.0 Å². The normalized spacial score (nSPS) is 23.5. The minimum Gasteiger partial charge on any atom is -0.504 e. The molecule has 5 bridgehead atoms. The monoisotopic (exact) mass is 672 g/mol. The van der Waals surface area contributed by atoms with Crippen LogP contribution in [-0.4, -0.2) is 73.4 Å². The molecule has 0 radical (unpaired) electrons. The van der Waals surface area contributed by atoms with Crippen LogP contribution in [0.15, 0.2) is 23.2 Å². The van der Waals surface area contributed by atoms with E-state index in [1.165, 1.54) is 13.2 Å². The Morgan fingerprint density at radius 3 is 2.69 bits per heavy atom. The molecule has 0 spiro atoms. The Morgan fingerprint density at radius 1 is 1.12 bits per heavy atom. The van der Waals surface area contributed by atoms with Crippen molar-refractivity contribution in [2.24, 2.45) is 34.4 Å². The fraction of sp³-hybridized carbons (Fsp3) is 0.526. The molecule has 11 heteroatoms. The fourth-order valence-corrected chi connectivity index (χ4v) is 6.63. The van der Waals surface area contributed by atoms with Crippen LogP contribution in [0.1, 0.15) is 60.9 Å². The van der Waals surface area contributed by atoms with Crippen molar-refractivity contribution < 1.29 is 34.3 Å². The third-order valence-corrected chi connectivity index (χ3v) is 9.28. The summed E-state index contributed by atoms with van der Waals surface area (Å²) < 4.78 is 18.1. The minimum absolute atomic E-state index is 0.0489. The van der Waals surface area contributed by atoms with E-state index < -0.39 is 18.3 Å². The summed E-state index contributed by atoms with van der Waals surface area (Å²) in [6.07, 6.45) is -0.126. The average molecular weight is 673 g/mol. The zero-order valence-electron chi connectivity index (χ0n) is 28.8. The molecule has 262 valence electrons. The molecule has 7 N–H and O–H groups in total. The Kier molecular flexibility index (Phi) is 11.9. The number of phenolic OH excluding ortho intramolecular Hbond substituents is 1. The van der Waals surface area contributed by atoms with Crippen molar-refractivity contribution in [1.29, 1.82) is 0 Å². The molecule has 0 aromatic heterocycles. The molecule has 1 heterocycles. The summed E-state index contributed by atoms with van der Waals surface area (Å²) in [6.45, 7) is 5.34. The number of aromatic hydroxyl groups is 1. The van der Waals surface area contributed by atoms with Crippen LogP contribution < -0.4 is 30.6 Å². The number of nitrogens with one attached hydrogen (secondary N) is 2. The zero-order chi connectivity index (χ0) is 35.1. The maximum Gasteiger partial charge on any atom is 0.201 e. The van der Waals surface area contributed by atoms with Gasteiger partial charge in [-0.2, -0.15) is 0 Å². The number of nitrogens with two attached hydrogens (primary N) is 1. The first-order valence-electron chi connectivity index (χ1n) is 17.0. The van der Waals surface area contributed by atoms with E-state index in [0.29, 0.717) is 67.7 Å². The van der Waals surface area contributed by atoms with E-state index in [1.54, 1.807) is 13.1 Å². The predicted molar refractivity (Wildman–Crippen MR) is 186 cm³/mol. The number of methoxy groups -OCH3 is 1. The fourth-order valence-electron chi connectivity index (χ4n) is 6.63. The second-order valence-electron chi connectivity index (χ2n) is 13.4. The van der Waals surface area contributed by atoms with E-state index in [1.807, 2.05) is 6.07 Å². The maximum absolute atomic E-state index is 13.2. The highest BCUT2D eigenvalue weighted by Crippen LogP contribution is 2.46. The van der Waals surface area contributed by atoms with Gasteiger partial charge in [-0.25, -0.2) is 0 Å². The van der Waals surface area contributed by atoms with Gasteiger partial charge in [0.1, 0.15) is 12.5 Å². The molecule has 2 aromatic rings. The number of aryl methyl sites for hydroxylation is 1. The van der Waals surface area contributed by atoms with E-state index in [9.17, 15) is 20.1 Å². The molecule has 0 saturated carbocycles. The van der Waals surface area contributed by atoms with Gasteiger partial charge in [-0.05, 0) is 55.3 Å². The molecular weight excluding hydrogens is 624 g/mol. The summed E-state index contributed by atoms with van der Waals surface area (Å²) in [6, 6.07) is 5.29. The van der Waals surface area contributed by atoms with Gasteiger partial charge < -0.3 is 40.6 Å². The van der Waals surface area contributed by atoms with Crippen molar-refractivity contribution in [3.63, 3.8) is 0 Å². The summed E-state index contributed by atoms with van der Waals surface area (Å²) in [5, 5.41) is 39.7. The standard InChI is InChI=1S/C38H48N4O7/c1-22(2)19-41-38(39)42-20-26-9-5-7-24-15-27-16-25(34(48-21-40-3)36-30(27)18-31(26)37(46)49-36)8-6-10-29-23(11-13-28(43)17-33(24)45)12-14-32(44)35(29)47-4/h12,14,16,22,24,26,31,33,37,40,44-46H,8-9,11,13,15,17-21H2,1-4H3,(H3,39,41,42)/t24-,26-,31+,33-,37-/m0/s1. The second kappa shape index (κ2) is 16.3. The molecule has 11 nitrogen and oxygen atoms in total. The molecule has 0 fully saturated rings. The van der Waals surface area contributed by atoms with Crippen LogP contribution in [0.4, 0.5) is 0 Å². The molecule has 0 amide bonds. The summed E-state index contributed by atoms with van der Waals surface area (Å²) in [5.41, 5.74) is 9.94. The summed E-state index contributed by atoms with van der Waals surface area (Å²) >= 11 is 0. The Labute approximate surface area is 288 Å². The van der Waals surface area contributed by atoms with Crippen LogP contribution in [0.3, 0.4) is 0 Å². The quantitative estimate of drug-likeness (QED) is 0.106. The smallest absolute Gasteiger partial charge is 0.201 e. The first-order valence-corrected chi connectivity index (χ1v) is 17.0. The number of benzene rings is 2. The Hall–Kier alpha value is -4.42. The number of hydrogen-bond acceptors (Lipinski definition) is 9. The molecule has 2 aromatic carbocycles. The van der Waals surface area contributed by atoms with Crippen molar-refractivity contribution in [3.05, 3.63) is 46.0 Å². The van der Waals surface area contributed by atoms with Crippen LogP contribution in [-0.2, 0) is 30.5 Å². The number of Topliss-reactive ketones (excluding diaryl/α,β-unsaturated/α-hetero) is 1. The molecule has 2 aliphatic carbocycles. The Balaban J connectivity index is 1.62. The van der Waals surface area contributed by atoms with Crippen molar-refractivity contribution in [1.82, 2.24) is 10.6 Å². The number of hydrogen-bond donors (Lipinski definition) is 6. The lowest BCUT2D eigenvalue weighted by Crippen LogP contribution is -2.44. The summed E-state index contributed by atoms with van der Waals surface area (Å²) in [7, 11) is 3.24. The van der Waals surface area contributed by atoms with Crippen LogP contribution >= 0.6 is 0 Å². The van der Waals surface area contributed by atoms with E-state index in [4.69, 9.17) is 19.9 Å². The first-order chi connectivity index (χ1) is 23.6. The molecule has 3 aliphatic rings. The van der Waals surface area contributed by atoms with E-state index >= 15 is 0 Å². The SMILES string of the molecule is CNCOc1c2cc3c4c1O[C@H](O)[C@H](C4)[C@H](CNC(N)=NCC(C)C)CC#C[C@@H](C3)[C@@H](O)CC(=O)CCc1ccc(O)c(OC)c1C#CC2. The van der Waals surface area contributed by atoms with Crippen LogP contribution in [0.25, 0.3) is 0 Å². The molecule has 5 atom stereocenters. The first kappa shape index (κ1) is 35.9. The van der Waals surface area contributed by atoms with Gasteiger partial charge >= 0.3 is 0 Å². The number of guanidine groups is 1. The number of nitrogens with zero attached hydrogens (tertiary/aromatic N) is 1. The lowest BCUT2D eigenvalue weighted by Gasteiger charge is -2.38. The second-order valence-corrected chi connectivity index (χ2v) is 13.4. The lowest BCUT2D eigenvalue weighted by molar-refractivity contribution is -0.121. The van der Waals surface area contributed by atoms with E-state index in [0.717, 1.165) is 22.3 Å². The predicted octanol–water partition coefficient (Wildman–Crippen LogP) is 2.43. The highest BCUT2D eigenvalue weighted by atomic mass is 16.6. The molecule has 1 aliphatic heterocycles. The van der Waals surface area contributed by atoms with Gasteiger partial charge in [0.2, 0.25) is 6.29 Å². The molecular formula is C38H48N4O7. The molecule has 5 rings (SSSR count). The third kappa shape index (κ3) is 8.60. The van der Waals surface area contributed by atoms with Gasteiger partial charge in [-0.3, -0.25) is 15.1 Å². The van der Waals surface area contributed by atoms with Crippen LogP contribution in [0.2, 0.25) is 0 Å². The van der Waals surface area contributed by atoms with Gasteiger partial charge in [-0.1, -0.05) is 43.7 Å². The van der Waals surface area contributed by atoms with E-state index in [2.05, 4.69) is 53.2 Å². The Bertz CT molecular complexity index is 1680. The largest absolute Gasteiger partial charge is 0.504 e. The number of fused-ring (bicyclic) bond motifs is 4. The summed E-state index contributed by atoms with van der Waals surface area (Å²) in [4.78, 5) is 17.7. The average Bonchev–Trinajstić information content (AvgIpc) is 3.07. The maximum atomic E-state index is 13.2. The van der Waals surface area contributed by atoms with Crippen molar-refractivity contribution in [2.75, 3.05) is 34.0 Å². The topological polar surface area (TPSA) is 168 Å². The van der Waals surface area contributed by atoms with Crippen LogP contribution in [0.5, 0.6) is 23.0 Å². The minimum atomic E-state index is -1.15. The van der Waals surface area contributed by atoms with Crippen molar-refractivity contribution >= 4 is 11.7 Å². The molecule has 49 heavy (non-hydrogen) atoms. The van der Waals surface area contributed by atoms with Gasteiger partial charge in [0, 0.05) is 55.8 Å². The summed E-state index contributed by atoms with van der Waals surface area (Å²) in [5.74, 6) is 13.7. The lowest BCUT2D eigenvalue weighted by atomic mass is 9.77. The number of aliphatic hydroxyl groups is 2. The number of rotatable bonds is 8. The number of ether oxygens (including phenoxy) is 3. The highest BCUT2D eigenvalue weighted by molar-refractivity contribution is 5.79. The Morgan fingerprint density at radius 2 is 1.94 bits per heavy atom. The van der Waals surface area contributed by atoms with Crippen LogP contribution in [0, 0.1) is 47.4 Å². The van der Waals surface area contributed by atoms with Crippen molar-refractivity contribution in [3.8, 4) is 46.7 Å². The zero-order valence-corrected chi connectivity index (χ0v) is 28.8. The number of carbonyl (C=O) groups excluding carboxylic acids is 1. The number of phenols is 1. The van der Waals surface area contributed by atoms with Gasteiger partial charge in [0.25, 0.3) is 0 Å². The number of carbonyl (C=O) groups is 1. The third-order valence-electron chi connectivity index (χ3n) is 9.28. The number of ketones is 1. The number of aliphatic imine (C=N–C) groups is 1. The molecule has 0 unspecified atom stereocenters. The van der Waals surface area contributed by atoms with Gasteiger partial charge in [0.05, 0.1) is 24.7 Å².